The lowest BCUT2D eigenvalue weighted by Gasteiger charge is -2.33. The molecule has 0 bridgehead atoms. The third-order valence-electron chi connectivity index (χ3n) is 5.27. The van der Waals surface area contributed by atoms with E-state index in [-0.39, 0.29) is 39.3 Å². The van der Waals surface area contributed by atoms with E-state index in [2.05, 4.69) is 10.6 Å². The highest BCUT2D eigenvalue weighted by atomic mass is 16.6. The van der Waals surface area contributed by atoms with E-state index in [0.717, 1.165) is 0 Å². The largest absolute Gasteiger partial charge is 0.469 e. The maximum atomic E-state index is 13.2. The quantitative estimate of drug-likeness (QED) is 0.157. The zero-order valence-electron chi connectivity index (χ0n) is 29.7. The van der Waals surface area contributed by atoms with Gasteiger partial charge in [0.2, 0.25) is 0 Å². The van der Waals surface area contributed by atoms with Gasteiger partial charge in [0.15, 0.2) is 0 Å². The number of alkyl carbamates (subject to hydrolysis) is 2. The molecule has 262 valence electrons. The smallest absolute Gasteiger partial charge is 0.410 e. The summed E-state index contributed by atoms with van der Waals surface area (Å²) < 4.78 is 26.7. The molecule has 0 saturated carbocycles. The van der Waals surface area contributed by atoms with Crippen molar-refractivity contribution in [1.82, 2.24) is 20.4 Å². The monoisotopic (exact) mass is 646 g/mol. The number of ether oxygens (including phenoxy) is 5. The third kappa shape index (κ3) is 21.8. The normalized spacial score (nSPS) is 12.1. The number of hydrogen-bond donors (Lipinski definition) is 2. The number of carbonyl (C=O) groups is 5. The van der Waals surface area contributed by atoms with Crippen molar-refractivity contribution in [1.29, 1.82) is 0 Å². The molecule has 0 unspecified atom stereocenters. The summed E-state index contributed by atoms with van der Waals surface area (Å²) in [5, 5.41) is 5.29. The van der Waals surface area contributed by atoms with Gasteiger partial charge in [-0.15, -0.1) is 0 Å². The summed E-state index contributed by atoms with van der Waals surface area (Å²) in [6.07, 6.45) is -1.85. The lowest BCUT2D eigenvalue weighted by Crippen LogP contribution is -2.48. The molecule has 0 aliphatic heterocycles. The van der Waals surface area contributed by atoms with Crippen LogP contribution in [0.15, 0.2) is 0 Å². The van der Waals surface area contributed by atoms with Gasteiger partial charge in [-0.2, -0.15) is 0 Å². The first-order valence-corrected chi connectivity index (χ1v) is 15.3. The zero-order valence-corrected chi connectivity index (χ0v) is 29.7. The minimum atomic E-state index is -0.965. The molecule has 0 rings (SSSR count). The van der Waals surface area contributed by atoms with Gasteiger partial charge in [0.25, 0.3) is 0 Å². The van der Waals surface area contributed by atoms with Gasteiger partial charge in [-0.3, -0.25) is 4.79 Å². The summed E-state index contributed by atoms with van der Waals surface area (Å²) >= 11 is 0. The van der Waals surface area contributed by atoms with Crippen LogP contribution in [0.4, 0.5) is 19.2 Å². The van der Waals surface area contributed by atoms with Crippen molar-refractivity contribution in [2.24, 2.45) is 5.92 Å². The first-order valence-electron chi connectivity index (χ1n) is 15.3. The first kappa shape index (κ1) is 41.5. The molecule has 0 aromatic carbocycles. The number of nitrogens with one attached hydrogen (secondary N) is 2. The van der Waals surface area contributed by atoms with Crippen LogP contribution in [0.25, 0.3) is 0 Å². The Hall–Kier alpha value is -3.45. The number of esters is 1. The van der Waals surface area contributed by atoms with E-state index in [9.17, 15) is 24.0 Å². The van der Waals surface area contributed by atoms with E-state index in [0.29, 0.717) is 12.8 Å². The van der Waals surface area contributed by atoms with Crippen LogP contribution < -0.4 is 10.6 Å². The van der Waals surface area contributed by atoms with E-state index in [1.165, 1.54) is 16.9 Å². The summed E-state index contributed by atoms with van der Waals surface area (Å²) in [6.45, 7) is 21.2. The van der Waals surface area contributed by atoms with Gasteiger partial charge >= 0.3 is 30.3 Å². The Kier molecular flexibility index (Phi) is 16.5. The van der Waals surface area contributed by atoms with Gasteiger partial charge in [-0.1, -0.05) is 0 Å². The van der Waals surface area contributed by atoms with Crippen LogP contribution in [0.2, 0.25) is 0 Å². The average molecular weight is 647 g/mol. The summed E-state index contributed by atoms with van der Waals surface area (Å²) in [4.78, 5) is 66.1. The van der Waals surface area contributed by atoms with Gasteiger partial charge < -0.3 is 44.1 Å². The molecule has 0 aromatic rings. The number of amides is 4. The second-order valence-corrected chi connectivity index (χ2v) is 14.6. The molecule has 0 aliphatic rings. The fraction of sp³-hybridized carbons (Fsp3) is 0.839. The fourth-order valence-electron chi connectivity index (χ4n) is 3.62. The Morgan fingerprint density at radius 1 is 0.556 bits per heavy atom. The van der Waals surface area contributed by atoms with E-state index >= 15 is 0 Å². The number of hydrogen-bond acceptors (Lipinski definition) is 10. The summed E-state index contributed by atoms with van der Waals surface area (Å²) in [7, 11) is 1.22. The highest BCUT2D eigenvalue weighted by Gasteiger charge is 2.32. The second kappa shape index (κ2) is 17.9. The summed E-state index contributed by atoms with van der Waals surface area (Å²) in [5.41, 5.74) is -2.94. The molecule has 0 radical (unpaired) electrons. The summed E-state index contributed by atoms with van der Waals surface area (Å²) in [5.74, 6) is -1.61. The highest BCUT2D eigenvalue weighted by Crippen LogP contribution is 2.17. The Balaban J connectivity index is 5.82. The number of carbonyl (C=O) groups excluding carboxylic acids is 5. The topological polar surface area (TPSA) is 162 Å². The van der Waals surface area contributed by atoms with Crippen LogP contribution in [0.5, 0.6) is 0 Å². The molecule has 14 nitrogen and oxygen atoms in total. The molecule has 0 aliphatic carbocycles. The minimum Gasteiger partial charge on any atom is -0.469 e. The Morgan fingerprint density at radius 3 is 1.13 bits per heavy atom. The Bertz CT molecular complexity index is 905. The lowest BCUT2D eigenvalue weighted by atomic mass is 10.1. The predicted octanol–water partition coefficient (Wildman–Crippen LogP) is 5.08. The van der Waals surface area contributed by atoms with Gasteiger partial charge in [-0.05, 0) is 95.9 Å². The number of nitrogens with zero attached hydrogens (tertiary/aromatic N) is 2. The van der Waals surface area contributed by atoms with E-state index < -0.39 is 58.7 Å². The van der Waals surface area contributed by atoms with Crippen molar-refractivity contribution in [2.75, 3.05) is 46.4 Å². The van der Waals surface area contributed by atoms with E-state index in [4.69, 9.17) is 23.7 Å². The van der Waals surface area contributed by atoms with Crippen LogP contribution in [-0.4, -0.2) is 109 Å². The van der Waals surface area contributed by atoms with Crippen molar-refractivity contribution in [3.8, 4) is 0 Å². The van der Waals surface area contributed by atoms with Gasteiger partial charge in [0.1, 0.15) is 22.4 Å². The molecule has 14 heteroatoms. The lowest BCUT2D eigenvalue weighted by molar-refractivity contribution is -0.146. The molecular weight excluding hydrogens is 588 g/mol. The van der Waals surface area contributed by atoms with Crippen LogP contribution in [0, 0.1) is 5.92 Å². The molecule has 0 heterocycles. The van der Waals surface area contributed by atoms with Crippen LogP contribution in [0.1, 0.15) is 95.9 Å². The van der Waals surface area contributed by atoms with Gasteiger partial charge in [0.05, 0.1) is 13.0 Å². The molecule has 0 fully saturated rings. The van der Waals surface area contributed by atoms with Crippen molar-refractivity contribution < 1.29 is 47.7 Å². The van der Waals surface area contributed by atoms with Crippen molar-refractivity contribution in [3.05, 3.63) is 0 Å². The van der Waals surface area contributed by atoms with Crippen molar-refractivity contribution in [3.63, 3.8) is 0 Å². The molecule has 4 amide bonds. The molecule has 0 spiro atoms. The van der Waals surface area contributed by atoms with E-state index in [1.54, 1.807) is 83.1 Å². The molecule has 45 heavy (non-hydrogen) atoms. The fourth-order valence-corrected chi connectivity index (χ4v) is 3.62. The maximum absolute atomic E-state index is 13.2. The average Bonchev–Trinajstić information content (AvgIpc) is 2.81. The van der Waals surface area contributed by atoms with Crippen LogP contribution in [0.3, 0.4) is 0 Å². The second-order valence-electron chi connectivity index (χ2n) is 14.6. The number of methoxy groups -OCH3 is 1. The zero-order chi connectivity index (χ0) is 35.2. The Labute approximate surface area is 269 Å². The van der Waals surface area contributed by atoms with Gasteiger partial charge in [0, 0.05) is 39.3 Å². The first-order chi connectivity index (χ1) is 20.3. The molecule has 0 aromatic heterocycles. The molecule has 2 N–H and O–H groups in total. The maximum Gasteiger partial charge on any atom is 0.410 e. The van der Waals surface area contributed by atoms with Crippen molar-refractivity contribution in [2.45, 2.75) is 118 Å². The molecule has 0 saturated heterocycles. The minimum absolute atomic E-state index is 0.129. The van der Waals surface area contributed by atoms with E-state index in [1.807, 2.05) is 0 Å². The molecular formula is C31H58N4O10. The third-order valence-corrected chi connectivity index (χ3v) is 5.27. The number of rotatable bonds is 13. The van der Waals surface area contributed by atoms with Crippen LogP contribution >= 0.6 is 0 Å². The summed E-state index contributed by atoms with van der Waals surface area (Å²) in [6, 6.07) is 0. The SMILES string of the molecule is COC(=O)C(CN(CCCNC(=O)OC(C)(C)C)C(=O)OC(C)(C)C)CN(CCCNC(=O)OC(C)(C)C)C(=O)OC(C)(C)C. The standard InChI is InChI=1S/C31H58N4O10/c1-28(2,3)42-24(37)32-16-14-18-34(26(39)44-30(7,8)9)20-22(23(36)41-13)21-35(27(40)45-31(10,11)12)19-15-17-33-25(38)43-29(4,5)6/h22H,14-21H2,1-13H3,(H,32,37)(H,33,38). The van der Waals surface area contributed by atoms with Crippen LogP contribution in [-0.2, 0) is 28.5 Å². The van der Waals surface area contributed by atoms with Gasteiger partial charge in [-0.25, -0.2) is 19.2 Å². The predicted molar refractivity (Wildman–Crippen MR) is 169 cm³/mol. The molecule has 0 atom stereocenters. The highest BCUT2D eigenvalue weighted by molar-refractivity contribution is 5.76. The van der Waals surface area contributed by atoms with Crippen molar-refractivity contribution >= 4 is 30.3 Å². The Morgan fingerprint density at radius 2 is 0.867 bits per heavy atom.